The maximum Gasteiger partial charge on any atom is 0.325 e. The average Bonchev–Trinajstić information content (AvgIpc) is 3.17. The third-order valence-corrected chi connectivity index (χ3v) is 5.68. The van der Waals surface area contributed by atoms with Gasteiger partial charge in [0, 0.05) is 12.4 Å². The Kier molecular flexibility index (Phi) is 4.33. The first-order chi connectivity index (χ1) is 13.0. The number of hydrogen-bond acceptors (Lipinski definition) is 4. The third kappa shape index (κ3) is 3.05. The fraction of sp³-hybridized carbons (Fsp3) is 0.474. The summed E-state index contributed by atoms with van der Waals surface area (Å²) in [6.07, 6.45) is 7.22. The zero-order valence-corrected chi connectivity index (χ0v) is 15.3. The lowest BCUT2D eigenvalue weighted by molar-refractivity contribution is -0.137. The van der Waals surface area contributed by atoms with Crippen molar-refractivity contribution in [2.45, 2.75) is 44.7 Å². The van der Waals surface area contributed by atoms with Gasteiger partial charge in [-0.2, -0.15) is 0 Å². The van der Waals surface area contributed by atoms with Gasteiger partial charge in [0.2, 0.25) is 5.91 Å². The van der Waals surface area contributed by atoms with Crippen LogP contribution in [-0.2, 0) is 16.1 Å². The molecule has 2 aliphatic rings. The lowest BCUT2D eigenvalue weighted by atomic mass is 9.73. The number of carbonyl (C=O) groups is 3. The minimum absolute atomic E-state index is 0.0775. The molecule has 2 aromatic heterocycles. The first-order valence-corrected chi connectivity index (χ1v) is 9.33. The van der Waals surface area contributed by atoms with Gasteiger partial charge in [-0.15, -0.1) is 0 Å². The predicted octanol–water partition coefficient (Wildman–Crippen LogP) is 1.45. The van der Waals surface area contributed by atoms with Crippen LogP contribution in [0.3, 0.4) is 0 Å². The maximum atomic E-state index is 12.9. The lowest BCUT2D eigenvalue weighted by Gasteiger charge is -2.36. The van der Waals surface area contributed by atoms with Gasteiger partial charge in [0.1, 0.15) is 17.7 Å². The number of pyridine rings is 1. The fourth-order valence-corrected chi connectivity index (χ4v) is 4.10. The van der Waals surface area contributed by atoms with Crippen LogP contribution in [0, 0.1) is 5.92 Å². The highest BCUT2D eigenvalue weighted by atomic mass is 16.2. The predicted molar refractivity (Wildman–Crippen MR) is 97.6 cm³/mol. The molecule has 2 atom stereocenters. The van der Waals surface area contributed by atoms with Crippen molar-refractivity contribution in [1.29, 1.82) is 0 Å². The number of aromatic nitrogens is 2. The molecule has 2 aromatic rings. The Labute approximate surface area is 156 Å². The summed E-state index contributed by atoms with van der Waals surface area (Å²) in [5.74, 6) is -0.576. The molecule has 142 valence electrons. The Balaban J connectivity index is 1.39. The van der Waals surface area contributed by atoms with Crippen LogP contribution in [0.15, 0.2) is 30.6 Å². The van der Waals surface area contributed by atoms with E-state index in [1.807, 2.05) is 41.9 Å². The lowest BCUT2D eigenvalue weighted by Crippen LogP contribution is -2.54. The zero-order chi connectivity index (χ0) is 19.0. The summed E-state index contributed by atoms with van der Waals surface area (Å²) in [4.78, 5) is 43.0. The first-order valence-electron chi connectivity index (χ1n) is 9.33. The molecule has 8 nitrogen and oxygen atoms in total. The Hall–Kier alpha value is -2.90. The Bertz CT molecular complexity index is 875. The van der Waals surface area contributed by atoms with Crippen molar-refractivity contribution >= 4 is 23.5 Å². The van der Waals surface area contributed by atoms with Crippen LogP contribution in [0.2, 0.25) is 0 Å². The Morgan fingerprint density at radius 3 is 3.00 bits per heavy atom. The van der Waals surface area contributed by atoms with Gasteiger partial charge >= 0.3 is 6.03 Å². The highest BCUT2D eigenvalue weighted by Crippen LogP contribution is 2.38. The molecule has 1 spiro atoms. The molecule has 3 heterocycles. The van der Waals surface area contributed by atoms with E-state index in [9.17, 15) is 14.4 Å². The molecule has 4 rings (SSSR count). The first kappa shape index (κ1) is 17.5. The number of nitrogens with one attached hydrogen (secondary N) is 2. The highest BCUT2D eigenvalue weighted by Gasteiger charge is 2.55. The molecule has 2 N–H and O–H groups in total. The minimum atomic E-state index is -0.836. The van der Waals surface area contributed by atoms with E-state index in [0.717, 1.165) is 29.8 Å². The highest BCUT2D eigenvalue weighted by molar-refractivity contribution is 6.09. The summed E-state index contributed by atoms with van der Waals surface area (Å²) in [6.45, 7) is 1.96. The van der Waals surface area contributed by atoms with Gasteiger partial charge < -0.3 is 15.0 Å². The van der Waals surface area contributed by atoms with E-state index >= 15 is 0 Å². The van der Waals surface area contributed by atoms with Gasteiger partial charge in [-0.25, -0.2) is 9.78 Å². The monoisotopic (exact) mass is 369 g/mol. The normalized spacial score (nSPS) is 25.2. The van der Waals surface area contributed by atoms with Crippen molar-refractivity contribution in [1.82, 2.24) is 24.9 Å². The molecule has 8 heteroatoms. The number of carbonyl (C=O) groups excluding carboxylic acids is 3. The van der Waals surface area contributed by atoms with Crippen LogP contribution in [0.4, 0.5) is 4.79 Å². The average molecular weight is 369 g/mol. The molecule has 0 radical (unpaired) electrons. The van der Waals surface area contributed by atoms with Gasteiger partial charge in [-0.1, -0.05) is 25.8 Å². The molecular formula is C19H23N5O3. The van der Waals surface area contributed by atoms with Crippen LogP contribution < -0.4 is 10.6 Å². The van der Waals surface area contributed by atoms with Gasteiger partial charge in [-0.3, -0.25) is 14.5 Å². The van der Waals surface area contributed by atoms with E-state index in [0.29, 0.717) is 12.1 Å². The summed E-state index contributed by atoms with van der Waals surface area (Å²) >= 11 is 0. The van der Waals surface area contributed by atoms with E-state index in [2.05, 4.69) is 15.6 Å². The van der Waals surface area contributed by atoms with Crippen LogP contribution in [0.1, 0.15) is 38.3 Å². The van der Waals surface area contributed by atoms with Crippen LogP contribution in [0.5, 0.6) is 0 Å². The topological polar surface area (TPSA) is 95.8 Å². The number of imidazole rings is 1. The van der Waals surface area contributed by atoms with E-state index < -0.39 is 11.6 Å². The number of imide groups is 1. The molecule has 1 saturated heterocycles. The number of urea groups is 1. The summed E-state index contributed by atoms with van der Waals surface area (Å²) in [7, 11) is 0. The van der Waals surface area contributed by atoms with Crippen molar-refractivity contribution < 1.29 is 14.4 Å². The summed E-state index contributed by atoms with van der Waals surface area (Å²) in [5.41, 5.74) is 0.671. The molecule has 27 heavy (non-hydrogen) atoms. The fourth-order valence-electron chi connectivity index (χ4n) is 4.10. The second-order valence-electron chi connectivity index (χ2n) is 7.41. The van der Waals surface area contributed by atoms with E-state index in [4.69, 9.17) is 0 Å². The van der Waals surface area contributed by atoms with E-state index in [1.165, 1.54) is 0 Å². The molecule has 2 fully saturated rings. The van der Waals surface area contributed by atoms with Gasteiger partial charge in [0.15, 0.2) is 0 Å². The number of fused-ring (bicyclic) bond motifs is 1. The van der Waals surface area contributed by atoms with Gasteiger partial charge in [0.25, 0.3) is 5.91 Å². The third-order valence-electron chi connectivity index (χ3n) is 5.68. The van der Waals surface area contributed by atoms with E-state index in [-0.39, 0.29) is 30.8 Å². The maximum absolute atomic E-state index is 12.9. The van der Waals surface area contributed by atoms with Crippen LogP contribution >= 0.6 is 0 Å². The molecule has 1 aliphatic carbocycles. The molecule has 1 saturated carbocycles. The number of hydrogen-bond donors (Lipinski definition) is 2. The van der Waals surface area contributed by atoms with E-state index in [1.54, 1.807) is 0 Å². The Morgan fingerprint density at radius 2 is 2.22 bits per heavy atom. The molecule has 0 unspecified atom stereocenters. The number of rotatable bonds is 4. The number of nitrogens with zero attached hydrogens (tertiary/aromatic N) is 3. The minimum Gasteiger partial charge on any atom is -0.349 e. The van der Waals surface area contributed by atoms with Crippen molar-refractivity contribution in [2.24, 2.45) is 5.92 Å². The van der Waals surface area contributed by atoms with Crippen molar-refractivity contribution in [3.63, 3.8) is 0 Å². The molecule has 0 bridgehead atoms. The van der Waals surface area contributed by atoms with Crippen molar-refractivity contribution in [3.05, 3.63) is 36.3 Å². The SMILES string of the molecule is C[C@@H]1CCCC[C@]12NC(=O)N(CC(=O)NCc1cn3ccccc3n1)C2=O. The molecule has 1 aliphatic heterocycles. The van der Waals surface area contributed by atoms with Crippen molar-refractivity contribution in [2.75, 3.05) is 6.54 Å². The van der Waals surface area contributed by atoms with Gasteiger partial charge in [-0.05, 0) is 30.9 Å². The molecule has 0 aromatic carbocycles. The summed E-state index contributed by atoms with van der Waals surface area (Å²) in [6, 6.07) is 5.20. The largest absolute Gasteiger partial charge is 0.349 e. The molecule has 4 amide bonds. The number of amides is 4. The van der Waals surface area contributed by atoms with Crippen LogP contribution in [-0.4, -0.2) is 44.2 Å². The van der Waals surface area contributed by atoms with Gasteiger partial charge in [0.05, 0.1) is 12.2 Å². The Morgan fingerprint density at radius 1 is 1.37 bits per heavy atom. The standard InChI is InChI=1S/C19H23N5O3/c1-13-6-2-4-8-19(13)17(26)24(18(27)22-19)12-16(25)20-10-14-11-23-9-5-3-7-15(23)21-14/h3,5,7,9,11,13H,2,4,6,8,10,12H2,1H3,(H,20,25)(H,22,27)/t13-,19+/m1/s1. The molecular weight excluding hydrogens is 346 g/mol. The summed E-state index contributed by atoms with van der Waals surface area (Å²) in [5, 5.41) is 5.60. The van der Waals surface area contributed by atoms with Crippen molar-refractivity contribution in [3.8, 4) is 0 Å². The smallest absolute Gasteiger partial charge is 0.325 e. The quantitative estimate of drug-likeness (QED) is 0.798. The second kappa shape index (κ2) is 6.68. The van der Waals surface area contributed by atoms with Crippen LogP contribution in [0.25, 0.3) is 5.65 Å². The summed E-state index contributed by atoms with van der Waals surface area (Å²) < 4.78 is 1.87. The second-order valence-corrected chi connectivity index (χ2v) is 7.41. The zero-order valence-electron chi connectivity index (χ0n) is 15.3.